The van der Waals surface area contributed by atoms with E-state index in [1.807, 2.05) is 0 Å². The lowest BCUT2D eigenvalue weighted by molar-refractivity contribution is -0.138. The van der Waals surface area contributed by atoms with Crippen molar-refractivity contribution < 1.29 is 0 Å². The Morgan fingerprint density at radius 2 is 0.837 bits per heavy atom. The van der Waals surface area contributed by atoms with E-state index in [1.165, 1.54) is 0 Å². The zero-order valence-electron chi connectivity index (χ0n) is 28.9. The van der Waals surface area contributed by atoms with Gasteiger partial charge >= 0.3 is 0 Å². The molecule has 8 aliphatic rings. The number of hydrogen-bond acceptors (Lipinski definition) is 0. The van der Waals surface area contributed by atoms with Gasteiger partial charge < -0.3 is 0 Å². The Balaban J connectivity index is 1.09. The van der Waals surface area contributed by atoms with Crippen LogP contribution in [-0.2, 0) is 0 Å². The van der Waals surface area contributed by atoms with Crippen molar-refractivity contribution in [2.45, 2.75) is 174 Å². The highest BCUT2D eigenvalue weighted by atomic mass is 14.6. The Kier molecular flexibility index (Phi) is 9.35. The van der Waals surface area contributed by atoms with E-state index in [0.29, 0.717) is 0 Å². The van der Waals surface area contributed by atoms with Crippen molar-refractivity contribution >= 4 is 0 Å². The van der Waals surface area contributed by atoms with Crippen molar-refractivity contribution in [2.75, 3.05) is 0 Å². The molecule has 0 spiro atoms. The molecule has 8 rings (SSSR count). The fraction of sp³-hybridized carbons (Fsp3) is 1.00. The van der Waals surface area contributed by atoms with Crippen LogP contribution in [0.5, 0.6) is 0 Å². The summed E-state index contributed by atoms with van der Waals surface area (Å²) in [5.41, 5.74) is 0. The molecule has 0 aromatic rings. The van der Waals surface area contributed by atoms with E-state index in [4.69, 9.17) is 0 Å². The van der Waals surface area contributed by atoms with Gasteiger partial charge in [-0.1, -0.05) is 110 Å². The van der Waals surface area contributed by atoms with Gasteiger partial charge in [-0.25, -0.2) is 0 Å². The highest BCUT2D eigenvalue weighted by molar-refractivity contribution is 5.06. The summed E-state index contributed by atoms with van der Waals surface area (Å²) >= 11 is 0. The summed E-state index contributed by atoms with van der Waals surface area (Å²) in [7, 11) is 0. The maximum atomic E-state index is 2.58. The van der Waals surface area contributed by atoms with Crippen molar-refractivity contribution in [1.82, 2.24) is 0 Å². The Morgan fingerprint density at radius 1 is 0.326 bits per heavy atom. The first-order valence-corrected chi connectivity index (χ1v) is 21.1. The average Bonchev–Trinajstić information content (AvgIpc) is 3.04. The Hall–Kier alpha value is 0. The maximum Gasteiger partial charge on any atom is -0.0321 e. The number of rotatable bonds is 4. The molecule has 0 aromatic carbocycles. The molecule has 8 fully saturated rings. The van der Waals surface area contributed by atoms with E-state index in [0.717, 1.165) is 94.7 Å². The van der Waals surface area contributed by atoms with Gasteiger partial charge in [0.1, 0.15) is 0 Å². The van der Waals surface area contributed by atoms with E-state index >= 15 is 0 Å². The van der Waals surface area contributed by atoms with Crippen LogP contribution in [0.4, 0.5) is 0 Å². The average molecular weight is 589 g/mol. The Labute approximate surface area is 268 Å². The second kappa shape index (κ2) is 13.2. The standard InChI is InChI=1S/C43H72/c1-28-17-21-30(22-18-28)41-37-14-5-6-15-38(37)42(31-23-19-29(2)20-24-31)43-36(13-8-16-39(41)43)26-35-12-7-11-34-25-32-9-3-4-10-33(32)27-40(34)35/h28-43H,3-27H2,1-2H3. The van der Waals surface area contributed by atoms with Crippen LogP contribution < -0.4 is 0 Å². The molecule has 0 bridgehead atoms. The fourth-order valence-electron chi connectivity index (χ4n) is 15.6. The smallest absolute Gasteiger partial charge is 0.0321 e. The van der Waals surface area contributed by atoms with Gasteiger partial charge in [-0.3, -0.25) is 0 Å². The van der Waals surface area contributed by atoms with Crippen LogP contribution in [-0.4, -0.2) is 0 Å². The van der Waals surface area contributed by atoms with E-state index in [9.17, 15) is 0 Å². The van der Waals surface area contributed by atoms with Crippen LogP contribution in [0.25, 0.3) is 0 Å². The summed E-state index contributed by atoms with van der Waals surface area (Å²) in [6.45, 7) is 5.14. The van der Waals surface area contributed by atoms with Crippen LogP contribution in [0.2, 0.25) is 0 Å². The molecule has 0 heteroatoms. The number of hydrogen-bond donors (Lipinski definition) is 0. The van der Waals surface area contributed by atoms with Gasteiger partial charge in [0.05, 0.1) is 0 Å². The molecule has 43 heavy (non-hydrogen) atoms. The van der Waals surface area contributed by atoms with Crippen LogP contribution in [0, 0.1) is 94.7 Å². The van der Waals surface area contributed by atoms with Gasteiger partial charge in [0.15, 0.2) is 0 Å². The van der Waals surface area contributed by atoms with Gasteiger partial charge in [0.25, 0.3) is 0 Å². The van der Waals surface area contributed by atoms with Crippen molar-refractivity contribution in [2.24, 2.45) is 94.7 Å². The fourth-order valence-corrected chi connectivity index (χ4v) is 15.6. The van der Waals surface area contributed by atoms with Crippen LogP contribution in [0.15, 0.2) is 0 Å². The van der Waals surface area contributed by atoms with Gasteiger partial charge in [-0.05, 0) is 159 Å². The van der Waals surface area contributed by atoms with Crippen molar-refractivity contribution in [3.8, 4) is 0 Å². The summed E-state index contributed by atoms with van der Waals surface area (Å²) < 4.78 is 0. The molecule has 0 saturated heterocycles. The van der Waals surface area contributed by atoms with Crippen LogP contribution in [0.3, 0.4) is 0 Å². The highest BCUT2D eigenvalue weighted by Gasteiger charge is 2.57. The van der Waals surface area contributed by atoms with Gasteiger partial charge in [0.2, 0.25) is 0 Å². The molecular formula is C43H72. The molecule has 8 saturated carbocycles. The predicted octanol–water partition coefficient (Wildman–Crippen LogP) is 12.7. The molecule has 0 aliphatic heterocycles. The Bertz CT molecular complexity index is 888. The first-order valence-electron chi connectivity index (χ1n) is 21.1. The summed E-state index contributed by atoms with van der Waals surface area (Å²) in [6, 6.07) is 0. The maximum absolute atomic E-state index is 2.58. The van der Waals surface area contributed by atoms with E-state index < -0.39 is 0 Å². The molecule has 0 aromatic heterocycles. The minimum Gasteiger partial charge on any atom is -0.0625 e. The summed E-state index contributed by atoms with van der Waals surface area (Å²) in [4.78, 5) is 0. The third-order valence-electron chi connectivity index (χ3n) is 17.4. The molecule has 0 nitrogen and oxygen atoms in total. The van der Waals surface area contributed by atoms with Gasteiger partial charge in [-0.2, -0.15) is 0 Å². The molecule has 0 amide bonds. The highest BCUT2D eigenvalue weighted by Crippen LogP contribution is 2.65. The lowest BCUT2D eigenvalue weighted by Gasteiger charge is -2.62. The third-order valence-corrected chi connectivity index (χ3v) is 17.4. The minimum atomic E-state index is 1.01. The zero-order valence-corrected chi connectivity index (χ0v) is 28.9. The molecule has 8 aliphatic carbocycles. The molecule has 0 radical (unpaired) electrons. The Morgan fingerprint density at radius 3 is 1.53 bits per heavy atom. The monoisotopic (exact) mass is 589 g/mol. The summed E-state index contributed by atoms with van der Waals surface area (Å²) in [5, 5.41) is 0. The van der Waals surface area contributed by atoms with Crippen molar-refractivity contribution in [1.29, 1.82) is 0 Å². The normalized spacial score (nSPS) is 54.0. The van der Waals surface area contributed by atoms with E-state index in [2.05, 4.69) is 13.8 Å². The second-order valence-electron chi connectivity index (χ2n) is 19.4. The van der Waals surface area contributed by atoms with Gasteiger partial charge in [-0.15, -0.1) is 0 Å². The van der Waals surface area contributed by atoms with E-state index in [-0.39, 0.29) is 0 Å². The minimum absolute atomic E-state index is 1.01. The zero-order chi connectivity index (χ0) is 28.9. The molecule has 0 heterocycles. The first-order chi connectivity index (χ1) is 21.1. The van der Waals surface area contributed by atoms with Crippen LogP contribution >= 0.6 is 0 Å². The number of fused-ring (bicyclic) bond motifs is 4. The molecule has 12 unspecified atom stereocenters. The largest absolute Gasteiger partial charge is 0.0625 e. The van der Waals surface area contributed by atoms with E-state index in [1.54, 1.807) is 161 Å². The third kappa shape index (κ3) is 5.98. The predicted molar refractivity (Wildman–Crippen MR) is 183 cm³/mol. The molecule has 0 N–H and O–H groups in total. The summed E-state index contributed by atoms with van der Waals surface area (Å²) in [5.74, 6) is 17.7. The first kappa shape index (κ1) is 30.3. The lowest BCUT2D eigenvalue weighted by Crippen LogP contribution is -2.56. The molecular weight excluding hydrogens is 516 g/mol. The van der Waals surface area contributed by atoms with Crippen molar-refractivity contribution in [3.05, 3.63) is 0 Å². The van der Waals surface area contributed by atoms with Crippen LogP contribution in [0.1, 0.15) is 174 Å². The molecule has 244 valence electrons. The van der Waals surface area contributed by atoms with Gasteiger partial charge in [0, 0.05) is 0 Å². The quantitative estimate of drug-likeness (QED) is 0.306. The molecule has 12 atom stereocenters. The SMILES string of the molecule is CC1CCC(C2C3CCCCC3C(C3CCC(C)CC3)C3C(CC4CCCC5CC6CCCCC6CC54)CCCC23)CC1. The second-order valence-corrected chi connectivity index (χ2v) is 19.4. The lowest BCUT2D eigenvalue weighted by atomic mass is 9.43. The topological polar surface area (TPSA) is 0 Å². The van der Waals surface area contributed by atoms with Crippen molar-refractivity contribution in [3.63, 3.8) is 0 Å². The summed E-state index contributed by atoms with van der Waals surface area (Å²) in [6.07, 6.45) is 40.0.